The maximum absolute atomic E-state index is 12.8. The number of rotatable bonds is 9. The minimum Gasteiger partial charge on any atom is -0.332 e. The Bertz CT molecular complexity index is 994. The second-order valence-electron chi connectivity index (χ2n) is 6.92. The van der Waals surface area contributed by atoms with Crippen molar-refractivity contribution in [2.75, 3.05) is 18.4 Å². The van der Waals surface area contributed by atoms with E-state index in [1.165, 1.54) is 36.1 Å². The minimum atomic E-state index is -3.91. The zero-order valence-electron chi connectivity index (χ0n) is 17.2. The first kappa shape index (κ1) is 23.9. The first-order chi connectivity index (χ1) is 14.1. The Balaban J connectivity index is 2.07. The molecule has 9 heteroatoms. The number of carbonyl (C=O) groups is 2. The van der Waals surface area contributed by atoms with Crippen LogP contribution in [-0.2, 0) is 19.6 Å². The number of hydrogen-bond acceptors (Lipinski definition) is 4. The van der Waals surface area contributed by atoms with Gasteiger partial charge in [-0.25, -0.2) is 8.42 Å². The number of hydrogen-bond donors (Lipinski definition) is 2. The van der Waals surface area contributed by atoms with Crippen LogP contribution in [0.2, 0.25) is 5.02 Å². The van der Waals surface area contributed by atoms with Crippen LogP contribution in [0.1, 0.15) is 25.8 Å². The number of amides is 2. The molecule has 162 valence electrons. The Morgan fingerprint density at radius 3 is 2.33 bits per heavy atom. The third kappa shape index (κ3) is 6.55. The minimum absolute atomic E-state index is 0.00545. The van der Waals surface area contributed by atoms with Crippen molar-refractivity contribution in [1.29, 1.82) is 0 Å². The van der Waals surface area contributed by atoms with E-state index in [9.17, 15) is 18.0 Å². The van der Waals surface area contributed by atoms with E-state index in [0.717, 1.165) is 5.56 Å². The Kier molecular flexibility index (Phi) is 8.40. The average molecular weight is 452 g/mol. The lowest BCUT2D eigenvalue weighted by Crippen LogP contribution is -2.49. The number of carbonyl (C=O) groups excluding carboxylic acids is 2. The summed E-state index contributed by atoms with van der Waals surface area (Å²) in [5.41, 5.74) is 1.58. The van der Waals surface area contributed by atoms with Crippen LogP contribution < -0.4 is 10.0 Å². The molecule has 1 atom stereocenters. The second kappa shape index (κ2) is 10.6. The molecule has 2 amide bonds. The molecule has 30 heavy (non-hydrogen) atoms. The largest absolute Gasteiger partial charge is 0.332 e. The van der Waals surface area contributed by atoms with Crippen LogP contribution in [0, 0.1) is 6.92 Å². The van der Waals surface area contributed by atoms with Gasteiger partial charge in [-0.15, -0.1) is 0 Å². The van der Waals surface area contributed by atoms with Crippen LogP contribution in [0.5, 0.6) is 0 Å². The van der Waals surface area contributed by atoms with Gasteiger partial charge in [0.1, 0.15) is 0 Å². The molecule has 2 rings (SSSR count). The molecular weight excluding hydrogens is 426 g/mol. The van der Waals surface area contributed by atoms with E-state index < -0.39 is 22.0 Å². The van der Waals surface area contributed by atoms with Gasteiger partial charge in [0.15, 0.2) is 0 Å². The summed E-state index contributed by atoms with van der Waals surface area (Å²) in [4.78, 5) is 26.7. The Hall–Kier alpha value is -2.42. The van der Waals surface area contributed by atoms with Crippen molar-refractivity contribution in [2.24, 2.45) is 0 Å². The smallest absolute Gasteiger partial charge is 0.244 e. The highest BCUT2D eigenvalue weighted by Crippen LogP contribution is 2.15. The maximum atomic E-state index is 12.8. The van der Waals surface area contributed by atoms with Gasteiger partial charge < -0.3 is 10.2 Å². The zero-order chi connectivity index (χ0) is 22.3. The van der Waals surface area contributed by atoms with E-state index in [-0.39, 0.29) is 17.3 Å². The number of benzene rings is 2. The van der Waals surface area contributed by atoms with Crippen molar-refractivity contribution in [1.82, 2.24) is 9.62 Å². The highest BCUT2D eigenvalue weighted by molar-refractivity contribution is 7.89. The van der Waals surface area contributed by atoms with Crippen molar-refractivity contribution in [2.45, 2.75) is 38.1 Å². The number of aryl methyl sites for hydroxylation is 1. The number of halogens is 1. The normalized spacial score (nSPS) is 12.3. The summed E-state index contributed by atoms with van der Waals surface area (Å²) in [5, 5.41) is 3.20. The quantitative estimate of drug-likeness (QED) is 0.612. The van der Waals surface area contributed by atoms with Crippen LogP contribution in [0.25, 0.3) is 0 Å². The molecule has 0 radical (unpaired) electrons. The van der Waals surface area contributed by atoms with E-state index in [0.29, 0.717) is 23.7 Å². The van der Waals surface area contributed by atoms with E-state index >= 15 is 0 Å². The molecular formula is C21H26ClN3O4S. The predicted octanol–water partition coefficient (Wildman–Crippen LogP) is 3.19. The third-order valence-corrected chi connectivity index (χ3v) is 6.19. The first-order valence-electron chi connectivity index (χ1n) is 9.56. The second-order valence-corrected chi connectivity index (χ2v) is 9.07. The summed E-state index contributed by atoms with van der Waals surface area (Å²) < 4.78 is 27.4. The fraction of sp³-hybridized carbons (Fsp3) is 0.333. The summed E-state index contributed by atoms with van der Waals surface area (Å²) in [7, 11) is -3.91. The van der Waals surface area contributed by atoms with Gasteiger partial charge in [-0.05, 0) is 56.2 Å². The van der Waals surface area contributed by atoms with Gasteiger partial charge in [0.2, 0.25) is 21.8 Å². The fourth-order valence-electron chi connectivity index (χ4n) is 2.85. The molecule has 7 nitrogen and oxygen atoms in total. The standard InChI is InChI=1S/C21H26ClN3O4S/c1-4-13-25(14-20(26)23-19-8-6-5-7-15(19)2)21(27)16(3)24-30(28,29)18-11-9-17(22)10-12-18/h5-12,16,24H,4,13-14H2,1-3H3,(H,23,26)/t16-/m0/s1. The highest BCUT2D eigenvalue weighted by atomic mass is 35.5. The van der Waals surface area contributed by atoms with Crippen molar-refractivity contribution in [3.8, 4) is 0 Å². The van der Waals surface area contributed by atoms with Crippen molar-refractivity contribution < 1.29 is 18.0 Å². The van der Waals surface area contributed by atoms with E-state index in [1.807, 2.05) is 32.0 Å². The third-order valence-electron chi connectivity index (χ3n) is 4.39. The number of anilines is 1. The molecule has 0 fully saturated rings. The van der Waals surface area contributed by atoms with Gasteiger partial charge in [0.25, 0.3) is 0 Å². The molecule has 0 heterocycles. The maximum Gasteiger partial charge on any atom is 0.244 e. The zero-order valence-corrected chi connectivity index (χ0v) is 18.8. The predicted molar refractivity (Wildman–Crippen MR) is 118 cm³/mol. The lowest BCUT2D eigenvalue weighted by molar-refractivity contribution is -0.135. The monoisotopic (exact) mass is 451 g/mol. The van der Waals surface area contributed by atoms with Gasteiger partial charge in [-0.2, -0.15) is 4.72 Å². The fourth-order valence-corrected chi connectivity index (χ4v) is 4.17. The van der Waals surface area contributed by atoms with E-state index in [2.05, 4.69) is 10.0 Å². The Morgan fingerprint density at radius 2 is 1.73 bits per heavy atom. The SMILES string of the molecule is CCCN(CC(=O)Nc1ccccc1C)C(=O)[C@H](C)NS(=O)(=O)c1ccc(Cl)cc1. The summed E-state index contributed by atoms with van der Waals surface area (Å²) in [5.74, 6) is -0.826. The summed E-state index contributed by atoms with van der Waals surface area (Å²) in [6, 6.07) is 11.9. The van der Waals surface area contributed by atoms with Crippen LogP contribution in [0.15, 0.2) is 53.4 Å². The number of nitrogens with zero attached hydrogens (tertiary/aromatic N) is 1. The van der Waals surface area contributed by atoms with Crippen LogP contribution >= 0.6 is 11.6 Å². The average Bonchev–Trinajstić information content (AvgIpc) is 2.69. The summed E-state index contributed by atoms with van der Waals surface area (Å²) in [6.07, 6.45) is 0.625. The first-order valence-corrected chi connectivity index (χ1v) is 11.4. The number of para-hydroxylation sites is 1. The highest BCUT2D eigenvalue weighted by Gasteiger charge is 2.27. The molecule has 0 bridgehead atoms. The van der Waals surface area contributed by atoms with Gasteiger partial charge in [0, 0.05) is 17.3 Å². The lowest BCUT2D eigenvalue weighted by atomic mass is 10.2. The van der Waals surface area contributed by atoms with E-state index in [1.54, 1.807) is 6.07 Å². The molecule has 0 aliphatic carbocycles. The number of nitrogens with one attached hydrogen (secondary N) is 2. The Morgan fingerprint density at radius 1 is 1.10 bits per heavy atom. The van der Waals surface area contributed by atoms with Gasteiger partial charge in [-0.3, -0.25) is 9.59 Å². The van der Waals surface area contributed by atoms with Gasteiger partial charge in [-0.1, -0.05) is 36.7 Å². The van der Waals surface area contributed by atoms with Crippen LogP contribution in [0.3, 0.4) is 0 Å². The lowest BCUT2D eigenvalue weighted by Gasteiger charge is -2.25. The molecule has 0 aliphatic rings. The summed E-state index contributed by atoms with van der Waals surface area (Å²) >= 11 is 5.80. The molecule has 0 aromatic heterocycles. The van der Waals surface area contributed by atoms with Crippen molar-refractivity contribution in [3.63, 3.8) is 0 Å². The molecule has 0 spiro atoms. The molecule has 0 unspecified atom stereocenters. The molecule has 2 aromatic rings. The molecule has 2 aromatic carbocycles. The van der Waals surface area contributed by atoms with Crippen LogP contribution in [-0.4, -0.2) is 44.3 Å². The van der Waals surface area contributed by atoms with E-state index in [4.69, 9.17) is 11.6 Å². The molecule has 0 saturated carbocycles. The number of sulfonamides is 1. The van der Waals surface area contributed by atoms with Crippen molar-refractivity contribution in [3.05, 3.63) is 59.1 Å². The van der Waals surface area contributed by atoms with Crippen LogP contribution in [0.4, 0.5) is 5.69 Å². The van der Waals surface area contributed by atoms with Gasteiger partial charge >= 0.3 is 0 Å². The molecule has 2 N–H and O–H groups in total. The topological polar surface area (TPSA) is 95.6 Å². The summed E-state index contributed by atoms with van der Waals surface area (Å²) in [6.45, 7) is 5.36. The Labute approximate surface area is 182 Å². The molecule has 0 saturated heterocycles. The van der Waals surface area contributed by atoms with Crippen molar-refractivity contribution >= 4 is 39.1 Å². The van der Waals surface area contributed by atoms with Gasteiger partial charge in [0.05, 0.1) is 17.5 Å². The molecule has 0 aliphatic heterocycles.